The monoisotopic (exact) mass is 356 g/mol. The van der Waals surface area contributed by atoms with Crippen molar-refractivity contribution in [2.45, 2.75) is 19.0 Å². The fourth-order valence-corrected chi connectivity index (χ4v) is 3.64. The van der Waals surface area contributed by atoms with Crippen LogP contribution in [0.2, 0.25) is 0 Å². The number of thiazole rings is 1. The minimum Gasteiger partial charge on any atom is -0.377 e. The summed E-state index contributed by atoms with van der Waals surface area (Å²) < 4.78 is 7.86. The third-order valence-corrected chi connectivity index (χ3v) is 5.02. The second-order valence-electron chi connectivity index (χ2n) is 5.98. The summed E-state index contributed by atoms with van der Waals surface area (Å²) in [5.41, 5.74) is 3.73. The number of amides is 1. The van der Waals surface area contributed by atoms with Gasteiger partial charge in [0.05, 0.1) is 40.7 Å². The van der Waals surface area contributed by atoms with E-state index in [1.165, 1.54) is 22.1 Å². The Kier molecular flexibility index (Phi) is 4.06. The molecule has 2 atom stereocenters. The molecule has 1 saturated heterocycles. The van der Waals surface area contributed by atoms with E-state index in [2.05, 4.69) is 15.4 Å². The van der Waals surface area contributed by atoms with Crippen LogP contribution in [0.3, 0.4) is 0 Å². The van der Waals surface area contributed by atoms with E-state index in [9.17, 15) is 9.59 Å². The highest BCUT2D eigenvalue weighted by atomic mass is 32.1. The predicted octanol–water partition coefficient (Wildman–Crippen LogP) is 1.53. The van der Waals surface area contributed by atoms with Crippen LogP contribution in [0.4, 0.5) is 0 Å². The zero-order valence-corrected chi connectivity index (χ0v) is 14.3. The van der Waals surface area contributed by atoms with Crippen molar-refractivity contribution in [1.29, 1.82) is 0 Å². The summed E-state index contributed by atoms with van der Waals surface area (Å²) in [6.45, 7) is 2.51. The maximum absolute atomic E-state index is 12.6. The number of fused-ring (bicyclic) bond motifs is 1. The summed E-state index contributed by atoms with van der Waals surface area (Å²) in [5.74, 6) is -0.198. The molecule has 8 heteroatoms. The fraction of sp³-hybridized carbons (Fsp3) is 0.294. The van der Waals surface area contributed by atoms with Gasteiger partial charge in [-0.1, -0.05) is 0 Å². The van der Waals surface area contributed by atoms with Crippen LogP contribution in [-0.2, 0) is 4.74 Å². The van der Waals surface area contributed by atoms with Crippen molar-refractivity contribution in [1.82, 2.24) is 20.1 Å². The number of aryl methyl sites for hydroxylation is 1. The molecule has 25 heavy (non-hydrogen) atoms. The van der Waals surface area contributed by atoms with Crippen LogP contribution in [0.15, 0.2) is 40.6 Å². The van der Waals surface area contributed by atoms with Crippen LogP contribution in [0.5, 0.6) is 0 Å². The first-order valence-electron chi connectivity index (χ1n) is 7.90. The molecule has 1 aromatic carbocycles. The number of ether oxygens (including phenoxy) is 1. The average molecular weight is 356 g/mol. The Balaban J connectivity index is 1.57. The van der Waals surface area contributed by atoms with E-state index in [0.717, 1.165) is 15.9 Å². The second kappa shape index (κ2) is 6.38. The van der Waals surface area contributed by atoms with E-state index < -0.39 is 0 Å². The van der Waals surface area contributed by atoms with E-state index in [4.69, 9.17) is 4.74 Å². The molecular weight excluding hydrogens is 340 g/mol. The van der Waals surface area contributed by atoms with Crippen LogP contribution >= 0.6 is 11.3 Å². The minimum absolute atomic E-state index is 0.198. The molecule has 3 heterocycles. The van der Waals surface area contributed by atoms with Crippen molar-refractivity contribution in [3.8, 4) is 0 Å². The topological polar surface area (TPSA) is 86.1 Å². The maximum Gasteiger partial charge on any atom is 0.267 e. The minimum atomic E-state index is -0.316. The summed E-state index contributed by atoms with van der Waals surface area (Å²) >= 11 is 1.49. The number of nitrogens with one attached hydrogen (secondary N) is 1. The zero-order chi connectivity index (χ0) is 17.4. The number of carbonyl (C=O) groups is 1. The van der Waals surface area contributed by atoms with Crippen LogP contribution in [0, 0.1) is 6.92 Å². The summed E-state index contributed by atoms with van der Waals surface area (Å²) in [7, 11) is 0. The van der Waals surface area contributed by atoms with Gasteiger partial charge in [-0.3, -0.25) is 9.59 Å². The third-order valence-electron chi connectivity index (χ3n) is 4.23. The van der Waals surface area contributed by atoms with Crippen LogP contribution in [0.1, 0.15) is 22.1 Å². The number of aromatic nitrogens is 3. The first-order valence-corrected chi connectivity index (χ1v) is 8.78. The summed E-state index contributed by atoms with van der Waals surface area (Å²) in [5, 5.41) is 7.25. The smallest absolute Gasteiger partial charge is 0.267 e. The largest absolute Gasteiger partial charge is 0.377 e. The van der Waals surface area contributed by atoms with Gasteiger partial charge in [0.25, 0.3) is 11.5 Å². The van der Waals surface area contributed by atoms with Crippen molar-refractivity contribution in [3.63, 3.8) is 0 Å². The molecule has 1 amide bonds. The van der Waals surface area contributed by atoms with E-state index in [1.807, 2.05) is 19.1 Å². The van der Waals surface area contributed by atoms with E-state index in [-0.39, 0.29) is 23.6 Å². The lowest BCUT2D eigenvalue weighted by Crippen LogP contribution is -2.44. The van der Waals surface area contributed by atoms with Gasteiger partial charge >= 0.3 is 0 Å². The molecule has 0 saturated carbocycles. The quantitative estimate of drug-likeness (QED) is 0.769. The van der Waals surface area contributed by atoms with Gasteiger partial charge in [0.2, 0.25) is 0 Å². The number of benzene rings is 1. The molecule has 2 aromatic heterocycles. The molecule has 1 aliphatic rings. The number of carbonyl (C=O) groups excluding carboxylic acids is 1. The number of rotatable bonds is 3. The second-order valence-corrected chi connectivity index (χ2v) is 6.86. The molecule has 128 valence electrons. The van der Waals surface area contributed by atoms with Gasteiger partial charge in [0.1, 0.15) is 6.04 Å². The molecule has 7 nitrogen and oxygen atoms in total. The summed E-state index contributed by atoms with van der Waals surface area (Å²) in [4.78, 5) is 28.9. The lowest BCUT2D eigenvalue weighted by Gasteiger charge is -2.20. The average Bonchev–Trinajstić information content (AvgIpc) is 3.25. The molecule has 3 aromatic rings. The van der Waals surface area contributed by atoms with Gasteiger partial charge in [-0.05, 0) is 31.2 Å². The van der Waals surface area contributed by atoms with Crippen molar-refractivity contribution in [2.24, 2.45) is 0 Å². The third kappa shape index (κ3) is 3.06. The van der Waals surface area contributed by atoms with E-state index in [1.54, 1.807) is 17.6 Å². The Labute approximate surface area is 147 Å². The summed E-state index contributed by atoms with van der Waals surface area (Å²) in [6.07, 6.45) is 0. The zero-order valence-electron chi connectivity index (χ0n) is 13.5. The number of nitrogens with zero attached hydrogens (tertiary/aromatic N) is 3. The van der Waals surface area contributed by atoms with Crippen LogP contribution < -0.4 is 10.9 Å². The van der Waals surface area contributed by atoms with E-state index in [0.29, 0.717) is 18.8 Å². The maximum atomic E-state index is 12.6. The lowest BCUT2D eigenvalue weighted by atomic mass is 10.1. The predicted molar refractivity (Wildman–Crippen MR) is 94.0 cm³/mol. The molecule has 0 radical (unpaired) electrons. The van der Waals surface area contributed by atoms with Crippen molar-refractivity contribution >= 4 is 27.5 Å². The first-order chi connectivity index (χ1) is 12.1. The Hall–Kier alpha value is -2.58. The van der Waals surface area contributed by atoms with Gasteiger partial charge in [-0.2, -0.15) is 5.10 Å². The standard InChI is InChI=1S/C17H16N4O3S/c1-10-2-5-16(22)21(20-10)14-8-24-7-13(14)19-17(23)11-3-4-12-15(6-11)25-9-18-12/h2-6,9,13-14H,7-8H2,1H3,(H,19,23). The molecule has 4 rings (SSSR count). The molecule has 1 N–H and O–H groups in total. The number of hydrogen-bond acceptors (Lipinski definition) is 6. The van der Waals surface area contributed by atoms with Gasteiger partial charge in [0, 0.05) is 11.6 Å². The molecule has 0 aliphatic carbocycles. The summed E-state index contributed by atoms with van der Waals surface area (Å²) in [6, 6.07) is 7.93. The number of hydrogen-bond donors (Lipinski definition) is 1. The SMILES string of the molecule is Cc1ccc(=O)n(C2COCC2NC(=O)c2ccc3ncsc3c2)n1. The molecule has 0 spiro atoms. The Morgan fingerprint density at radius 2 is 2.20 bits per heavy atom. The highest BCUT2D eigenvalue weighted by molar-refractivity contribution is 7.16. The van der Waals surface area contributed by atoms with Gasteiger partial charge < -0.3 is 10.1 Å². The Morgan fingerprint density at radius 1 is 1.32 bits per heavy atom. The van der Waals surface area contributed by atoms with Crippen LogP contribution in [0.25, 0.3) is 10.2 Å². The Morgan fingerprint density at radius 3 is 3.08 bits per heavy atom. The normalized spacial score (nSPS) is 20.0. The molecule has 1 aliphatic heterocycles. The highest BCUT2D eigenvalue weighted by Crippen LogP contribution is 2.21. The van der Waals surface area contributed by atoms with Gasteiger partial charge in [-0.15, -0.1) is 11.3 Å². The highest BCUT2D eigenvalue weighted by Gasteiger charge is 2.32. The molecular formula is C17H16N4O3S. The lowest BCUT2D eigenvalue weighted by molar-refractivity contribution is 0.0925. The van der Waals surface area contributed by atoms with Gasteiger partial charge in [-0.25, -0.2) is 9.67 Å². The van der Waals surface area contributed by atoms with E-state index >= 15 is 0 Å². The van der Waals surface area contributed by atoms with Crippen LogP contribution in [-0.4, -0.2) is 39.9 Å². The molecule has 2 unspecified atom stereocenters. The Bertz CT molecular complexity index is 997. The fourth-order valence-electron chi connectivity index (χ4n) is 2.93. The molecule has 0 bridgehead atoms. The van der Waals surface area contributed by atoms with Crippen molar-refractivity contribution < 1.29 is 9.53 Å². The van der Waals surface area contributed by atoms with Gasteiger partial charge in [0.15, 0.2) is 0 Å². The molecule has 1 fully saturated rings. The first kappa shape index (κ1) is 15.9. The van der Waals surface area contributed by atoms with Crippen molar-refractivity contribution in [3.05, 3.63) is 57.5 Å². The van der Waals surface area contributed by atoms with Crippen molar-refractivity contribution in [2.75, 3.05) is 13.2 Å².